The molecule has 0 aromatic rings. The maximum Gasteiger partial charge on any atom is 0.0995 e. The van der Waals surface area contributed by atoms with E-state index in [-0.39, 0.29) is 26.4 Å². The second-order valence-corrected chi connectivity index (χ2v) is 2.45. The Morgan fingerprint density at radius 3 is 1.91 bits per heavy atom. The van der Waals surface area contributed by atoms with E-state index >= 15 is 0 Å². The molecule has 0 spiro atoms. The smallest absolute Gasteiger partial charge is 0.0995 e. The lowest BCUT2D eigenvalue weighted by Gasteiger charge is -2.25. The standard InChI is InChI=1S/C7H14O4/c1-2-11-6-7(3-8,4-9)5-10/h2,8-10H,1,3-6H2. The first-order valence-corrected chi connectivity index (χ1v) is 3.30. The summed E-state index contributed by atoms with van der Waals surface area (Å²) >= 11 is 0. The molecule has 0 bridgehead atoms. The van der Waals surface area contributed by atoms with Crippen LogP contribution in [0.15, 0.2) is 12.8 Å². The molecule has 66 valence electrons. The average Bonchev–Trinajstić information content (AvgIpc) is 2.08. The van der Waals surface area contributed by atoms with Crippen LogP contribution in [-0.2, 0) is 4.74 Å². The Morgan fingerprint density at radius 1 is 1.18 bits per heavy atom. The molecule has 0 aliphatic carbocycles. The van der Waals surface area contributed by atoms with Crippen LogP contribution in [0, 0.1) is 5.41 Å². The molecule has 0 aliphatic rings. The highest BCUT2D eigenvalue weighted by Crippen LogP contribution is 2.14. The summed E-state index contributed by atoms with van der Waals surface area (Å²) in [6.45, 7) is 2.43. The topological polar surface area (TPSA) is 69.9 Å². The molecule has 0 aromatic heterocycles. The average molecular weight is 162 g/mol. The predicted molar refractivity (Wildman–Crippen MR) is 39.8 cm³/mol. The molecule has 4 nitrogen and oxygen atoms in total. The first-order chi connectivity index (χ1) is 5.24. The van der Waals surface area contributed by atoms with E-state index in [0.717, 1.165) is 0 Å². The van der Waals surface area contributed by atoms with Crippen molar-refractivity contribution in [3.8, 4) is 0 Å². The SMILES string of the molecule is C=COCC(CO)(CO)CO. The molecule has 0 fully saturated rings. The number of hydrogen-bond acceptors (Lipinski definition) is 4. The highest BCUT2D eigenvalue weighted by atomic mass is 16.5. The van der Waals surface area contributed by atoms with E-state index < -0.39 is 5.41 Å². The Bertz CT molecular complexity index is 101. The summed E-state index contributed by atoms with van der Waals surface area (Å²) in [5, 5.41) is 26.3. The first kappa shape index (κ1) is 10.4. The summed E-state index contributed by atoms with van der Waals surface area (Å²) in [5.41, 5.74) is -0.950. The Labute approximate surface area is 65.7 Å². The highest BCUT2D eigenvalue weighted by Gasteiger charge is 2.28. The van der Waals surface area contributed by atoms with Crippen molar-refractivity contribution >= 4 is 0 Å². The zero-order valence-electron chi connectivity index (χ0n) is 6.36. The van der Waals surface area contributed by atoms with Gasteiger partial charge < -0.3 is 20.1 Å². The maximum atomic E-state index is 8.77. The number of aliphatic hydroxyl groups is 3. The van der Waals surface area contributed by atoms with Crippen molar-refractivity contribution in [1.29, 1.82) is 0 Å². The third-order valence-electron chi connectivity index (χ3n) is 1.51. The zero-order valence-corrected chi connectivity index (χ0v) is 6.36. The molecule has 11 heavy (non-hydrogen) atoms. The molecule has 0 heterocycles. The number of aliphatic hydroxyl groups excluding tert-OH is 3. The summed E-state index contributed by atoms with van der Waals surface area (Å²) in [6, 6.07) is 0. The van der Waals surface area contributed by atoms with E-state index in [0.29, 0.717) is 0 Å². The quantitative estimate of drug-likeness (QED) is 0.443. The lowest BCUT2D eigenvalue weighted by molar-refractivity contribution is -0.0366. The summed E-state index contributed by atoms with van der Waals surface area (Å²) in [6.07, 6.45) is 1.20. The highest BCUT2D eigenvalue weighted by molar-refractivity contribution is 4.77. The van der Waals surface area contributed by atoms with Crippen LogP contribution >= 0.6 is 0 Å². The molecule has 0 radical (unpaired) electrons. The van der Waals surface area contributed by atoms with Crippen LogP contribution in [-0.4, -0.2) is 41.7 Å². The largest absolute Gasteiger partial charge is 0.501 e. The van der Waals surface area contributed by atoms with Crippen LogP contribution in [0.5, 0.6) is 0 Å². The monoisotopic (exact) mass is 162 g/mol. The molecule has 0 saturated carbocycles. The van der Waals surface area contributed by atoms with Crippen molar-refractivity contribution in [3.63, 3.8) is 0 Å². The van der Waals surface area contributed by atoms with Crippen LogP contribution in [0.2, 0.25) is 0 Å². The third-order valence-corrected chi connectivity index (χ3v) is 1.51. The van der Waals surface area contributed by atoms with Gasteiger partial charge in [0.05, 0.1) is 38.1 Å². The van der Waals surface area contributed by atoms with Crippen molar-refractivity contribution in [2.75, 3.05) is 26.4 Å². The first-order valence-electron chi connectivity index (χ1n) is 3.30. The molecule has 4 heteroatoms. The summed E-state index contributed by atoms with van der Waals surface area (Å²) in [7, 11) is 0. The second-order valence-electron chi connectivity index (χ2n) is 2.45. The van der Waals surface area contributed by atoms with Gasteiger partial charge in [-0.15, -0.1) is 0 Å². The van der Waals surface area contributed by atoms with Crippen LogP contribution in [0.3, 0.4) is 0 Å². The summed E-state index contributed by atoms with van der Waals surface area (Å²) in [4.78, 5) is 0. The Morgan fingerprint density at radius 2 is 1.64 bits per heavy atom. The molecule has 0 saturated heterocycles. The fraction of sp³-hybridized carbons (Fsp3) is 0.714. The number of ether oxygens (including phenoxy) is 1. The number of hydrogen-bond donors (Lipinski definition) is 3. The molecule has 0 aromatic carbocycles. The van der Waals surface area contributed by atoms with Crippen molar-refractivity contribution in [1.82, 2.24) is 0 Å². The molecular formula is C7H14O4. The molecule has 3 N–H and O–H groups in total. The van der Waals surface area contributed by atoms with Gasteiger partial charge >= 0.3 is 0 Å². The lowest BCUT2D eigenvalue weighted by Crippen LogP contribution is -2.38. The molecule has 0 unspecified atom stereocenters. The fourth-order valence-corrected chi connectivity index (χ4v) is 0.523. The minimum absolute atomic E-state index is 0.0694. The van der Waals surface area contributed by atoms with Crippen LogP contribution in [0.1, 0.15) is 0 Å². The fourth-order valence-electron chi connectivity index (χ4n) is 0.523. The van der Waals surface area contributed by atoms with Gasteiger partial charge in [-0.1, -0.05) is 6.58 Å². The number of rotatable bonds is 6. The molecule has 0 atom stereocenters. The van der Waals surface area contributed by atoms with Gasteiger partial charge in [0.25, 0.3) is 0 Å². The van der Waals surface area contributed by atoms with Gasteiger partial charge in [0.2, 0.25) is 0 Å². The van der Waals surface area contributed by atoms with Crippen molar-refractivity contribution in [2.24, 2.45) is 5.41 Å². The van der Waals surface area contributed by atoms with Gasteiger partial charge in [-0.25, -0.2) is 0 Å². The predicted octanol–water partition coefficient (Wildman–Crippen LogP) is -0.890. The zero-order chi connectivity index (χ0) is 8.74. The molecule has 0 aliphatic heterocycles. The van der Waals surface area contributed by atoms with Crippen molar-refractivity contribution in [2.45, 2.75) is 0 Å². The van der Waals surface area contributed by atoms with E-state index in [9.17, 15) is 0 Å². The van der Waals surface area contributed by atoms with E-state index in [4.69, 9.17) is 20.1 Å². The minimum atomic E-state index is -0.950. The summed E-state index contributed by atoms with van der Waals surface area (Å²) < 4.78 is 4.76. The van der Waals surface area contributed by atoms with Crippen LogP contribution < -0.4 is 0 Å². The van der Waals surface area contributed by atoms with Crippen LogP contribution in [0.4, 0.5) is 0 Å². The molecule has 0 amide bonds. The molecule has 0 rings (SSSR count). The minimum Gasteiger partial charge on any atom is -0.501 e. The van der Waals surface area contributed by atoms with Crippen molar-refractivity contribution in [3.05, 3.63) is 12.8 Å². The maximum absolute atomic E-state index is 8.77. The second kappa shape index (κ2) is 5.12. The van der Waals surface area contributed by atoms with E-state index in [1.807, 2.05) is 0 Å². The van der Waals surface area contributed by atoms with E-state index in [2.05, 4.69) is 6.58 Å². The van der Waals surface area contributed by atoms with Gasteiger partial charge in [0.15, 0.2) is 0 Å². The van der Waals surface area contributed by atoms with E-state index in [1.165, 1.54) is 6.26 Å². The van der Waals surface area contributed by atoms with E-state index in [1.54, 1.807) is 0 Å². The van der Waals surface area contributed by atoms with Crippen molar-refractivity contribution < 1.29 is 20.1 Å². The molecular weight excluding hydrogens is 148 g/mol. The Kier molecular flexibility index (Phi) is 4.85. The normalized spacial score (nSPS) is 11.2. The van der Waals surface area contributed by atoms with Gasteiger partial charge in [-0.3, -0.25) is 0 Å². The summed E-state index contributed by atoms with van der Waals surface area (Å²) in [5.74, 6) is 0. The van der Waals surface area contributed by atoms with Crippen LogP contribution in [0.25, 0.3) is 0 Å². The van der Waals surface area contributed by atoms with Gasteiger partial charge in [0, 0.05) is 0 Å². The Hall–Kier alpha value is -0.580. The van der Waals surface area contributed by atoms with Gasteiger partial charge in [-0.05, 0) is 0 Å². The lowest BCUT2D eigenvalue weighted by atomic mass is 9.93. The van der Waals surface area contributed by atoms with Gasteiger partial charge in [0.1, 0.15) is 0 Å². The third kappa shape index (κ3) is 2.88. The van der Waals surface area contributed by atoms with Gasteiger partial charge in [-0.2, -0.15) is 0 Å². The Balaban J connectivity index is 3.93.